The zero-order valence-corrected chi connectivity index (χ0v) is 16.0. The van der Waals surface area contributed by atoms with Gasteiger partial charge in [0.25, 0.3) is 11.6 Å². The van der Waals surface area contributed by atoms with Crippen LogP contribution in [0.15, 0.2) is 59.5 Å². The van der Waals surface area contributed by atoms with Gasteiger partial charge in [-0.2, -0.15) is 0 Å². The van der Waals surface area contributed by atoms with Crippen LogP contribution in [0.5, 0.6) is 0 Å². The van der Waals surface area contributed by atoms with E-state index < -0.39 is 22.8 Å². The molecule has 1 heterocycles. The van der Waals surface area contributed by atoms with Crippen LogP contribution in [-0.2, 0) is 16.0 Å². The van der Waals surface area contributed by atoms with Gasteiger partial charge in [0, 0.05) is 18.6 Å². The lowest BCUT2D eigenvalue weighted by Crippen LogP contribution is -2.45. The highest BCUT2D eigenvalue weighted by atomic mass is 32.2. The number of amides is 1. The van der Waals surface area contributed by atoms with Gasteiger partial charge in [0.2, 0.25) is 0 Å². The maximum atomic E-state index is 12.8. The molecule has 0 aliphatic carbocycles. The van der Waals surface area contributed by atoms with E-state index in [1.54, 1.807) is 30.3 Å². The molecule has 1 atom stereocenters. The highest BCUT2D eigenvalue weighted by Gasteiger charge is 2.40. The molecule has 0 saturated carbocycles. The van der Waals surface area contributed by atoms with Crippen LogP contribution in [0, 0.1) is 10.1 Å². The molecule has 3 rings (SSSR count). The number of thiocarbonyl (C=S) groups is 1. The predicted molar refractivity (Wildman–Crippen MR) is 110 cm³/mol. The maximum absolute atomic E-state index is 12.8. The number of non-ortho nitro benzene ring substituents is 1. The second kappa shape index (κ2) is 8.32. The molecule has 28 heavy (non-hydrogen) atoms. The molecule has 1 amide bonds. The Labute approximate surface area is 169 Å². The van der Waals surface area contributed by atoms with Crippen LogP contribution >= 0.6 is 24.0 Å². The van der Waals surface area contributed by atoms with Crippen molar-refractivity contribution in [3.8, 4) is 0 Å². The zero-order valence-electron chi connectivity index (χ0n) is 14.3. The standard InChI is InChI=1S/C19H14N2O5S2/c22-17-16(11-13-6-8-14(9-7-13)21(25)26)28-19(27)20(17)15(18(23)24)10-12-4-2-1-3-5-12/h1-9,11,15H,10H2,(H,23,24)/b16-11+/t15-/m0/s1. The molecule has 142 valence electrons. The third kappa shape index (κ3) is 4.26. The molecular formula is C19H14N2O5S2. The van der Waals surface area contributed by atoms with Gasteiger partial charge < -0.3 is 5.11 Å². The number of nitro groups is 1. The fraction of sp³-hybridized carbons (Fsp3) is 0.105. The number of thioether (sulfide) groups is 1. The average Bonchev–Trinajstić information content (AvgIpc) is 2.94. The summed E-state index contributed by atoms with van der Waals surface area (Å²) in [6.07, 6.45) is 1.68. The molecule has 1 fully saturated rings. The van der Waals surface area contributed by atoms with E-state index in [0.717, 1.165) is 22.2 Å². The number of benzene rings is 2. The molecule has 1 aliphatic rings. The summed E-state index contributed by atoms with van der Waals surface area (Å²) in [7, 11) is 0. The number of hydrogen-bond donors (Lipinski definition) is 1. The monoisotopic (exact) mass is 414 g/mol. The third-order valence-corrected chi connectivity index (χ3v) is 5.42. The van der Waals surface area contributed by atoms with Crippen LogP contribution in [0.25, 0.3) is 6.08 Å². The Morgan fingerprint density at radius 2 is 1.86 bits per heavy atom. The van der Waals surface area contributed by atoms with E-state index in [1.165, 1.54) is 24.3 Å². The van der Waals surface area contributed by atoms with Crippen LogP contribution in [-0.4, -0.2) is 37.2 Å². The molecule has 9 heteroatoms. The van der Waals surface area contributed by atoms with Gasteiger partial charge in [0.15, 0.2) is 0 Å². The highest BCUT2D eigenvalue weighted by Crippen LogP contribution is 2.35. The summed E-state index contributed by atoms with van der Waals surface area (Å²) in [5.74, 6) is -1.63. The summed E-state index contributed by atoms with van der Waals surface area (Å²) >= 11 is 6.27. The van der Waals surface area contributed by atoms with Gasteiger partial charge in [0.1, 0.15) is 10.4 Å². The number of carboxylic acids is 1. The number of carboxylic acid groups (broad SMARTS) is 1. The molecule has 1 saturated heterocycles. The minimum atomic E-state index is -1.14. The van der Waals surface area contributed by atoms with Crippen molar-refractivity contribution in [2.24, 2.45) is 0 Å². The Morgan fingerprint density at radius 1 is 1.21 bits per heavy atom. The number of hydrogen-bond acceptors (Lipinski definition) is 6. The van der Waals surface area contributed by atoms with Crippen LogP contribution in [0.1, 0.15) is 11.1 Å². The van der Waals surface area contributed by atoms with E-state index in [9.17, 15) is 24.8 Å². The lowest BCUT2D eigenvalue weighted by atomic mass is 10.0. The number of nitrogens with zero attached hydrogens (tertiary/aromatic N) is 2. The van der Waals surface area contributed by atoms with E-state index in [-0.39, 0.29) is 21.3 Å². The Morgan fingerprint density at radius 3 is 2.43 bits per heavy atom. The quantitative estimate of drug-likeness (QED) is 0.334. The zero-order chi connectivity index (χ0) is 20.3. The van der Waals surface area contributed by atoms with Crippen molar-refractivity contribution in [1.82, 2.24) is 4.90 Å². The van der Waals surface area contributed by atoms with Crippen molar-refractivity contribution in [2.45, 2.75) is 12.5 Å². The Bertz CT molecular complexity index is 974. The summed E-state index contributed by atoms with van der Waals surface area (Å²) in [4.78, 5) is 36.2. The highest BCUT2D eigenvalue weighted by molar-refractivity contribution is 8.26. The van der Waals surface area contributed by atoms with Crippen LogP contribution in [0.2, 0.25) is 0 Å². The number of nitro benzene ring substituents is 1. The Hall–Kier alpha value is -3.04. The topological polar surface area (TPSA) is 101 Å². The van der Waals surface area contributed by atoms with Crippen molar-refractivity contribution >= 4 is 51.9 Å². The molecule has 0 unspecified atom stereocenters. The minimum Gasteiger partial charge on any atom is -0.480 e. The number of carbonyl (C=O) groups excluding carboxylic acids is 1. The summed E-state index contributed by atoms with van der Waals surface area (Å²) in [6, 6.07) is 13.6. The van der Waals surface area contributed by atoms with Crippen LogP contribution in [0.3, 0.4) is 0 Å². The van der Waals surface area contributed by atoms with E-state index in [2.05, 4.69) is 0 Å². The summed E-state index contributed by atoms with van der Waals surface area (Å²) < 4.78 is 0.168. The number of aliphatic carboxylic acids is 1. The van der Waals surface area contributed by atoms with Gasteiger partial charge in [-0.1, -0.05) is 54.3 Å². The van der Waals surface area contributed by atoms with Gasteiger partial charge in [-0.3, -0.25) is 19.8 Å². The fourth-order valence-corrected chi connectivity index (χ4v) is 4.08. The summed E-state index contributed by atoms with van der Waals surface area (Å²) in [5.41, 5.74) is 1.31. The molecule has 1 aliphatic heterocycles. The number of rotatable bonds is 6. The van der Waals surface area contributed by atoms with Crippen LogP contribution in [0.4, 0.5) is 5.69 Å². The molecular weight excluding hydrogens is 400 g/mol. The summed E-state index contributed by atoms with van der Waals surface area (Å²) in [6.45, 7) is 0. The van der Waals surface area contributed by atoms with E-state index in [4.69, 9.17) is 12.2 Å². The van der Waals surface area contributed by atoms with Gasteiger partial charge in [-0.25, -0.2) is 4.79 Å². The lowest BCUT2D eigenvalue weighted by Gasteiger charge is -2.23. The molecule has 2 aromatic rings. The molecule has 0 spiro atoms. The van der Waals surface area contributed by atoms with Crippen molar-refractivity contribution in [3.05, 3.63) is 80.7 Å². The van der Waals surface area contributed by atoms with Crippen molar-refractivity contribution in [2.75, 3.05) is 0 Å². The smallest absolute Gasteiger partial charge is 0.327 e. The SMILES string of the molecule is O=C(O)[C@H](Cc1ccccc1)N1C(=O)/C(=C\c2ccc([N+](=O)[O-])cc2)SC1=S. The van der Waals surface area contributed by atoms with Crippen molar-refractivity contribution in [3.63, 3.8) is 0 Å². The van der Waals surface area contributed by atoms with E-state index in [1.807, 2.05) is 6.07 Å². The van der Waals surface area contributed by atoms with Crippen molar-refractivity contribution < 1.29 is 19.6 Å². The largest absolute Gasteiger partial charge is 0.480 e. The second-order valence-electron chi connectivity index (χ2n) is 5.94. The normalized spacial score (nSPS) is 16.4. The minimum absolute atomic E-state index is 0.0569. The molecule has 0 radical (unpaired) electrons. The van der Waals surface area contributed by atoms with Gasteiger partial charge in [-0.15, -0.1) is 0 Å². The number of carbonyl (C=O) groups is 2. The molecule has 0 aromatic heterocycles. The average molecular weight is 414 g/mol. The van der Waals surface area contributed by atoms with Gasteiger partial charge in [-0.05, 0) is 29.3 Å². The molecule has 2 aromatic carbocycles. The van der Waals surface area contributed by atoms with Gasteiger partial charge >= 0.3 is 5.97 Å². The second-order valence-corrected chi connectivity index (χ2v) is 7.62. The molecule has 7 nitrogen and oxygen atoms in total. The van der Waals surface area contributed by atoms with Crippen LogP contribution < -0.4 is 0 Å². The van der Waals surface area contributed by atoms with Crippen molar-refractivity contribution in [1.29, 1.82) is 0 Å². The van der Waals surface area contributed by atoms with E-state index in [0.29, 0.717) is 5.56 Å². The van der Waals surface area contributed by atoms with E-state index >= 15 is 0 Å². The molecule has 1 N–H and O–H groups in total. The predicted octanol–water partition coefficient (Wildman–Crippen LogP) is 3.49. The third-order valence-electron chi connectivity index (χ3n) is 4.09. The first-order chi connectivity index (χ1) is 13.4. The summed E-state index contributed by atoms with van der Waals surface area (Å²) in [5, 5.41) is 20.4. The fourth-order valence-electron chi connectivity index (χ4n) is 2.72. The van der Waals surface area contributed by atoms with Gasteiger partial charge in [0.05, 0.1) is 9.83 Å². The maximum Gasteiger partial charge on any atom is 0.327 e. The Balaban J connectivity index is 1.85. The first-order valence-electron chi connectivity index (χ1n) is 8.15. The molecule has 0 bridgehead atoms. The first kappa shape index (κ1) is 19.7. The Kier molecular flexibility index (Phi) is 5.86. The first-order valence-corrected chi connectivity index (χ1v) is 9.37. The lowest BCUT2D eigenvalue weighted by molar-refractivity contribution is -0.384.